The molecule has 0 saturated heterocycles. The molecule has 2 aromatic carbocycles. The lowest BCUT2D eigenvalue weighted by atomic mass is 10.2. The Morgan fingerprint density at radius 3 is 2.50 bits per heavy atom. The highest BCUT2D eigenvalue weighted by Crippen LogP contribution is 2.19. The van der Waals surface area contributed by atoms with Crippen molar-refractivity contribution in [3.05, 3.63) is 89.5 Å². The third-order valence-electron chi connectivity index (χ3n) is 5.08. The molecule has 0 bridgehead atoms. The summed E-state index contributed by atoms with van der Waals surface area (Å²) in [6, 6.07) is 17.7. The van der Waals surface area contributed by atoms with Gasteiger partial charge in [0.15, 0.2) is 0 Å². The fraction of sp³-hybridized carbons (Fsp3) is 0.167. The van der Waals surface area contributed by atoms with Gasteiger partial charge < -0.3 is 4.90 Å². The number of carbonyl (C=O) groups is 1. The summed E-state index contributed by atoms with van der Waals surface area (Å²) in [7, 11) is 1.79. The number of likely N-dealkylation sites (N-methyl/N-ethyl adjacent to an activating group) is 1. The van der Waals surface area contributed by atoms with E-state index in [1.165, 1.54) is 6.08 Å². The van der Waals surface area contributed by atoms with Gasteiger partial charge in [0.1, 0.15) is 0 Å². The molecule has 0 fully saturated rings. The first kappa shape index (κ1) is 19.5. The molecule has 6 heteroatoms. The predicted octanol–water partition coefficient (Wildman–Crippen LogP) is 4.10. The lowest BCUT2D eigenvalue weighted by Gasteiger charge is -2.15. The van der Waals surface area contributed by atoms with Crippen LogP contribution >= 0.6 is 0 Å². The van der Waals surface area contributed by atoms with Crippen molar-refractivity contribution in [2.75, 3.05) is 7.05 Å². The van der Waals surface area contributed by atoms with Gasteiger partial charge in [-0.15, -0.1) is 0 Å². The highest BCUT2D eigenvalue weighted by molar-refractivity contribution is 5.91. The third-order valence-corrected chi connectivity index (χ3v) is 5.08. The first-order chi connectivity index (χ1) is 14.5. The molecule has 0 aliphatic rings. The van der Waals surface area contributed by atoms with Gasteiger partial charge in [0.05, 0.1) is 34.3 Å². The van der Waals surface area contributed by atoms with Crippen molar-refractivity contribution in [2.24, 2.45) is 0 Å². The van der Waals surface area contributed by atoms with Gasteiger partial charge in [-0.3, -0.25) is 9.78 Å². The highest BCUT2D eigenvalue weighted by atomic mass is 16.2. The molecule has 0 aliphatic carbocycles. The fourth-order valence-electron chi connectivity index (χ4n) is 3.38. The van der Waals surface area contributed by atoms with Crippen molar-refractivity contribution >= 4 is 23.0 Å². The molecule has 6 nitrogen and oxygen atoms in total. The first-order valence-corrected chi connectivity index (χ1v) is 9.78. The van der Waals surface area contributed by atoms with Crippen LogP contribution in [-0.4, -0.2) is 37.6 Å². The number of aryl methyl sites for hydroxylation is 1. The summed E-state index contributed by atoms with van der Waals surface area (Å²) in [5.74, 6) is -0.101. The van der Waals surface area contributed by atoms with Gasteiger partial charge in [0, 0.05) is 30.9 Å². The molecule has 4 aromatic rings. The Labute approximate surface area is 175 Å². The molecule has 1 amide bonds. The number of hydrogen-bond acceptors (Lipinski definition) is 4. The number of amides is 1. The van der Waals surface area contributed by atoms with Crippen LogP contribution in [0.5, 0.6) is 0 Å². The van der Waals surface area contributed by atoms with Gasteiger partial charge in [0.25, 0.3) is 0 Å². The van der Waals surface area contributed by atoms with E-state index in [4.69, 9.17) is 0 Å². The van der Waals surface area contributed by atoms with E-state index in [9.17, 15) is 4.79 Å². The lowest BCUT2D eigenvalue weighted by molar-refractivity contribution is -0.125. The Morgan fingerprint density at radius 2 is 1.73 bits per heavy atom. The fourth-order valence-corrected chi connectivity index (χ4v) is 3.38. The number of carbonyl (C=O) groups excluding carboxylic acids is 1. The van der Waals surface area contributed by atoms with Crippen molar-refractivity contribution in [1.82, 2.24) is 24.6 Å². The molecule has 4 rings (SSSR count). The maximum atomic E-state index is 12.6. The topological polar surface area (TPSA) is 63.9 Å². The van der Waals surface area contributed by atoms with Crippen LogP contribution < -0.4 is 0 Å². The molecule has 0 spiro atoms. The van der Waals surface area contributed by atoms with Crippen LogP contribution in [0.15, 0.2) is 66.9 Å². The summed E-state index contributed by atoms with van der Waals surface area (Å²) in [6.45, 7) is 4.48. The van der Waals surface area contributed by atoms with Crippen molar-refractivity contribution in [3.8, 4) is 5.69 Å². The summed E-state index contributed by atoms with van der Waals surface area (Å²) in [6.07, 6.45) is 4.90. The second kappa shape index (κ2) is 8.29. The molecule has 0 atom stereocenters. The zero-order valence-corrected chi connectivity index (χ0v) is 17.3. The van der Waals surface area contributed by atoms with Crippen molar-refractivity contribution < 1.29 is 4.79 Å². The average Bonchev–Trinajstić information content (AvgIpc) is 3.06. The van der Waals surface area contributed by atoms with E-state index in [2.05, 4.69) is 15.1 Å². The smallest absolute Gasteiger partial charge is 0.246 e. The van der Waals surface area contributed by atoms with Gasteiger partial charge in [-0.05, 0) is 44.2 Å². The molecule has 0 unspecified atom stereocenters. The molecular weight excluding hydrogens is 374 g/mol. The van der Waals surface area contributed by atoms with Crippen LogP contribution in [0.2, 0.25) is 0 Å². The van der Waals surface area contributed by atoms with Crippen LogP contribution in [-0.2, 0) is 11.3 Å². The highest BCUT2D eigenvalue weighted by Gasteiger charge is 2.16. The second-order valence-corrected chi connectivity index (χ2v) is 7.21. The van der Waals surface area contributed by atoms with E-state index in [0.717, 1.165) is 33.7 Å². The van der Waals surface area contributed by atoms with Gasteiger partial charge in [-0.1, -0.05) is 30.3 Å². The number of rotatable bonds is 5. The van der Waals surface area contributed by atoms with Gasteiger partial charge in [-0.25, -0.2) is 9.67 Å². The molecule has 150 valence electrons. The van der Waals surface area contributed by atoms with E-state index in [1.54, 1.807) is 24.2 Å². The quantitative estimate of drug-likeness (QED) is 0.476. The normalized spacial score (nSPS) is 11.3. The largest absolute Gasteiger partial charge is 0.338 e. The van der Waals surface area contributed by atoms with Crippen LogP contribution in [0.25, 0.3) is 22.8 Å². The van der Waals surface area contributed by atoms with Crippen LogP contribution in [0, 0.1) is 13.8 Å². The van der Waals surface area contributed by atoms with E-state index in [-0.39, 0.29) is 5.91 Å². The number of aromatic nitrogens is 4. The molecule has 0 saturated carbocycles. The Morgan fingerprint density at radius 1 is 1.03 bits per heavy atom. The number of para-hydroxylation sites is 3. The number of nitrogens with zero attached hydrogens (tertiary/aromatic N) is 5. The van der Waals surface area contributed by atoms with Crippen LogP contribution in [0.4, 0.5) is 0 Å². The minimum absolute atomic E-state index is 0.101. The average molecular weight is 397 g/mol. The molecular formula is C24H23N5O. The van der Waals surface area contributed by atoms with Crippen LogP contribution in [0.3, 0.4) is 0 Å². The van der Waals surface area contributed by atoms with E-state index in [0.29, 0.717) is 12.2 Å². The molecule has 0 N–H and O–H groups in total. The predicted molar refractivity (Wildman–Crippen MR) is 118 cm³/mol. The maximum absolute atomic E-state index is 12.6. The van der Waals surface area contributed by atoms with E-state index >= 15 is 0 Å². The summed E-state index contributed by atoms with van der Waals surface area (Å²) in [5, 5.41) is 4.66. The van der Waals surface area contributed by atoms with Gasteiger partial charge in [0.2, 0.25) is 5.91 Å². The van der Waals surface area contributed by atoms with Crippen molar-refractivity contribution in [1.29, 1.82) is 0 Å². The standard InChI is InChI=1S/C24H23N5O/c1-17-21(18(2)29(27-17)20-9-5-4-6-10-20)16-28(3)24(30)14-13-19-15-25-22-11-7-8-12-23(22)26-19/h4-15H,16H2,1-3H3/b14-13+. The summed E-state index contributed by atoms with van der Waals surface area (Å²) in [4.78, 5) is 23.2. The second-order valence-electron chi connectivity index (χ2n) is 7.21. The third kappa shape index (κ3) is 3.98. The minimum atomic E-state index is -0.101. The van der Waals surface area contributed by atoms with Gasteiger partial charge in [-0.2, -0.15) is 5.10 Å². The molecule has 2 aromatic heterocycles. The van der Waals surface area contributed by atoms with Gasteiger partial charge >= 0.3 is 0 Å². The zero-order valence-electron chi connectivity index (χ0n) is 17.3. The van der Waals surface area contributed by atoms with E-state index < -0.39 is 0 Å². The van der Waals surface area contributed by atoms with Crippen molar-refractivity contribution in [2.45, 2.75) is 20.4 Å². The van der Waals surface area contributed by atoms with Crippen molar-refractivity contribution in [3.63, 3.8) is 0 Å². The Bertz CT molecular complexity index is 1230. The number of benzene rings is 2. The molecule has 30 heavy (non-hydrogen) atoms. The number of hydrogen-bond donors (Lipinski definition) is 0. The molecule has 2 heterocycles. The summed E-state index contributed by atoms with van der Waals surface area (Å²) < 4.78 is 1.92. The minimum Gasteiger partial charge on any atom is -0.338 e. The monoisotopic (exact) mass is 397 g/mol. The molecule has 0 aliphatic heterocycles. The number of fused-ring (bicyclic) bond motifs is 1. The summed E-state index contributed by atoms with van der Waals surface area (Å²) >= 11 is 0. The Balaban J connectivity index is 1.49. The first-order valence-electron chi connectivity index (χ1n) is 9.78. The SMILES string of the molecule is Cc1nn(-c2ccccc2)c(C)c1CN(C)C(=O)/C=C/c1cnc2ccccc2n1. The Hall–Kier alpha value is -3.80. The lowest BCUT2D eigenvalue weighted by Crippen LogP contribution is -2.24. The zero-order chi connectivity index (χ0) is 21.1. The summed E-state index contributed by atoms with van der Waals surface area (Å²) in [5.41, 5.74) is 6.30. The maximum Gasteiger partial charge on any atom is 0.246 e. The molecule has 0 radical (unpaired) electrons. The van der Waals surface area contributed by atoms with E-state index in [1.807, 2.05) is 73.1 Å². The Kier molecular flexibility index (Phi) is 5.39. The van der Waals surface area contributed by atoms with Crippen LogP contribution in [0.1, 0.15) is 22.6 Å².